The summed E-state index contributed by atoms with van der Waals surface area (Å²) in [6, 6.07) is 7.67. The lowest BCUT2D eigenvalue weighted by Crippen LogP contribution is -2.37. The van der Waals surface area contributed by atoms with Crippen molar-refractivity contribution >= 4 is 16.8 Å². The molecule has 2 aromatic rings. The topological polar surface area (TPSA) is 71.6 Å². The summed E-state index contributed by atoms with van der Waals surface area (Å²) in [4.78, 5) is 28.9. The van der Waals surface area contributed by atoms with E-state index in [4.69, 9.17) is 9.47 Å². The molecular formula is C17H22N2O4. The Kier molecular flexibility index (Phi) is 5.90. The first-order valence-electron chi connectivity index (χ1n) is 7.44. The molecule has 0 aliphatic carbocycles. The zero-order valence-electron chi connectivity index (χ0n) is 13.7. The van der Waals surface area contributed by atoms with Crippen molar-refractivity contribution in [3.63, 3.8) is 0 Å². The lowest BCUT2D eigenvalue weighted by molar-refractivity contribution is -0.136. The number of H-pyrrole nitrogens is 1. The number of carbonyl (C=O) groups excluding carboxylic acids is 1. The molecule has 0 radical (unpaired) electrons. The second-order valence-corrected chi connectivity index (χ2v) is 5.40. The third-order valence-electron chi connectivity index (χ3n) is 3.71. The molecule has 0 aliphatic heterocycles. The van der Waals surface area contributed by atoms with Crippen molar-refractivity contribution in [3.05, 3.63) is 45.7 Å². The minimum atomic E-state index is -0.181. The second-order valence-electron chi connectivity index (χ2n) is 5.40. The number of aromatic nitrogens is 1. The maximum Gasteiger partial charge on any atom is 0.253 e. The van der Waals surface area contributed by atoms with Crippen LogP contribution in [0.5, 0.6) is 0 Å². The van der Waals surface area contributed by atoms with E-state index in [9.17, 15) is 9.59 Å². The molecule has 0 unspecified atom stereocenters. The van der Waals surface area contributed by atoms with Crippen molar-refractivity contribution in [2.24, 2.45) is 0 Å². The first kappa shape index (κ1) is 17.2. The van der Waals surface area contributed by atoms with Crippen LogP contribution in [0, 0.1) is 6.92 Å². The summed E-state index contributed by atoms with van der Waals surface area (Å²) < 4.78 is 9.93. The summed E-state index contributed by atoms with van der Waals surface area (Å²) in [6.07, 6.45) is 0. The minimum Gasteiger partial charge on any atom is -0.383 e. The molecule has 0 saturated heterocycles. The van der Waals surface area contributed by atoms with Crippen LogP contribution in [0.1, 0.15) is 11.1 Å². The zero-order chi connectivity index (χ0) is 16.8. The maximum atomic E-state index is 12.3. The molecule has 1 aromatic carbocycles. The van der Waals surface area contributed by atoms with Gasteiger partial charge < -0.3 is 19.4 Å². The normalized spacial score (nSPS) is 10.9. The fraction of sp³-hybridized carbons (Fsp3) is 0.412. The van der Waals surface area contributed by atoms with Gasteiger partial charge in [0.1, 0.15) is 6.61 Å². The first-order valence-corrected chi connectivity index (χ1v) is 7.44. The van der Waals surface area contributed by atoms with E-state index >= 15 is 0 Å². The van der Waals surface area contributed by atoms with Crippen molar-refractivity contribution in [1.29, 1.82) is 0 Å². The number of hydrogen-bond donors (Lipinski definition) is 1. The number of pyridine rings is 1. The van der Waals surface area contributed by atoms with E-state index in [1.165, 1.54) is 7.11 Å². The van der Waals surface area contributed by atoms with Gasteiger partial charge in [0.2, 0.25) is 5.91 Å². The molecule has 1 aromatic heterocycles. The number of benzene rings is 1. The van der Waals surface area contributed by atoms with E-state index in [0.717, 1.165) is 16.5 Å². The van der Waals surface area contributed by atoms with Crippen molar-refractivity contribution < 1.29 is 14.3 Å². The quantitative estimate of drug-likeness (QED) is 0.839. The molecule has 0 aliphatic rings. The monoisotopic (exact) mass is 318 g/mol. The standard InChI is InChI=1S/C17H22N2O4/c1-12-5-4-6-13-9-14(17(21)18-16(12)13)10-19(7-8-22-2)15(20)11-23-3/h4-6,9H,7-8,10-11H2,1-3H3,(H,18,21). The molecule has 1 N–H and O–H groups in total. The van der Waals surface area contributed by atoms with E-state index < -0.39 is 0 Å². The third kappa shape index (κ3) is 4.18. The second kappa shape index (κ2) is 7.89. The number of carbonyl (C=O) groups is 1. The Morgan fingerprint density at radius 1 is 1.26 bits per heavy atom. The van der Waals surface area contributed by atoms with Gasteiger partial charge in [0, 0.05) is 26.3 Å². The van der Waals surface area contributed by atoms with Gasteiger partial charge in [-0.2, -0.15) is 0 Å². The zero-order valence-corrected chi connectivity index (χ0v) is 13.7. The summed E-state index contributed by atoms with van der Waals surface area (Å²) in [7, 11) is 3.04. The Morgan fingerprint density at radius 3 is 2.74 bits per heavy atom. The van der Waals surface area contributed by atoms with Gasteiger partial charge in [-0.05, 0) is 23.9 Å². The summed E-state index contributed by atoms with van der Waals surface area (Å²) in [5, 5.41) is 0.950. The van der Waals surface area contributed by atoms with Gasteiger partial charge in [0.05, 0.1) is 18.7 Å². The number of nitrogens with zero attached hydrogens (tertiary/aromatic N) is 1. The molecule has 124 valence electrons. The SMILES string of the molecule is COCCN(Cc1cc2cccc(C)c2[nH]c1=O)C(=O)COC. The third-order valence-corrected chi connectivity index (χ3v) is 3.71. The van der Waals surface area contributed by atoms with Crippen LogP contribution in [0.25, 0.3) is 10.9 Å². The Bertz CT molecular complexity index is 739. The van der Waals surface area contributed by atoms with E-state index in [0.29, 0.717) is 18.7 Å². The Morgan fingerprint density at radius 2 is 2.04 bits per heavy atom. The van der Waals surface area contributed by atoms with E-state index in [1.807, 2.05) is 31.2 Å². The predicted molar refractivity (Wildman–Crippen MR) is 88.5 cm³/mol. The van der Waals surface area contributed by atoms with Crippen LogP contribution in [0.3, 0.4) is 0 Å². The van der Waals surface area contributed by atoms with Crippen molar-refractivity contribution in [2.75, 3.05) is 34.0 Å². The molecule has 6 nitrogen and oxygen atoms in total. The number of methoxy groups -OCH3 is 2. The van der Waals surface area contributed by atoms with E-state index in [2.05, 4.69) is 4.98 Å². The highest BCUT2D eigenvalue weighted by Crippen LogP contribution is 2.15. The average Bonchev–Trinajstić information content (AvgIpc) is 2.53. The number of para-hydroxylation sites is 1. The summed E-state index contributed by atoms with van der Waals surface area (Å²) >= 11 is 0. The van der Waals surface area contributed by atoms with Crippen LogP contribution in [-0.2, 0) is 20.8 Å². The first-order chi connectivity index (χ1) is 11.1. The molecule has 0 atom stereocenters. The van der Waals surface area contributed by atoms with Gasteiger partial charge >= 0.3 is 0 Å². The average molecular weight is 318 g/mol. The van der Waals surface area contributed by atoms with Crippen LogP contribution in [0.4, 0.5) is 0 Å². The van der Waals surface area contributed by atoms with Crippen LogP contribution >= 0.6 is 0 Å². The van der Waals surface area contributed by atoms with Gasteiger partial charge in [-0.25, -0.2) is 0 Å². The van der Waals surface area contributed by atoms with E-state index in [1.54, 1.807) is 12.0 Å². The lowest BCUT2D eigenvalue weighted by Gasteiger charge is -2.22. The number of amides is 1. The molecule has 0 spiro atoms. The number of rotatable bonds is 7. The van der Waals surface area contributed by atoms with Crippen molar-refractivity contribution in [3.8, 4) is 0 Å². The Hall–Kier alpha value is -2.18. The Labute approximate surface area is 135 Å². The smallest absolute Gasteiger partial charge is 0.253 e. The van der Waals surface area contributed by atoms with Crippen LogP contribution in [0.2, 0.25) is 0 Å². The molecule has 0 saturated carbocycles. The summed E-state index contributed by atoms with van der Waals surface area (Å²) in [5.41, 5.74) is 2.20. The van der Waals surface area contributed by atoms with Gasteiger partial charge in [-0.15, -0.1) is 0 Å². The summed E-state index contributed by atoms with van der Waals surface area (Å²) in [6.45, 7) is 2.97. The van der Waals surface area contributed by atoms with Gasteiger partial charge in [0.15, 0.2) is 0 Å². The van der Waals surface area contributed by atoms with Gasteiger partial charge in [-0.3, -0.25) is 9.59 Å². The highest BCUT2D eigenvalue weighted by Gasteiger charge is 2.16. The fourth-order valence-corrected chi connectivity index (χ4v) is 2.46. The molecule has 1 heterocycles. The highest BCUT2D eigenvalue weighted by molar-refractivity contribution is 5.82. The lowest BCUT2D eigenvalue weighted by atomic mass is 10.1. The van der Waals surface area contributed by atoms with Crippen molar-refractivity contribution in [1.82, 2.24) is 9.88 Å². The number of nitrogens with one attached hydrogen (secondary N) is 1. The molecule has 0 bridgehead atoms. The van der Waals surface area contributed by atoms with E-state index in [-0.39, 0.29) is 24.6 Å². The van der Waals surface area contributed by atoms with Crippen molar-refractivity contribution in [2.45, 2.75) is 13.5 Å². The van der Waals surface area contributed by atoms with Gasteiger partial charge in [-0.1, -0.05) is 18.2 Å². The molecule has 6 heteroatoms. The largest absolute Gasteiger partial charge is 0.383 e. The maximum absolute atomic E-state index is 12.3. The number of fused-ring (bicyclic) bond motifs is 1. The van der Waals surface area contributed by atoms with Crippen LogP contribution in [0.15, 0.2) is 29.1 Å². The molecule has 23 heavy (non-hydrogen) atoms. The van der Waals surface area contributed by atoms with Crippen LogP contribution < -0.4 is 5.56 Å². The summed E-state index contributed by atoms with van der Waals surface area (Å²) in [5.74, 6) is -0.173. The molecule has 2 rings (SSSR count). The number of aromatic amines is 1. The number of ether oxygens (including phenoxy) is 2. The van der Waals surface area contributed by atoms with Gasteiger partial charge in [0.25, 0.3) is 5.56 Å². The van der Waals surface area contributed by atoms with Crippen LogP contribution in [-0.4, -0.2) is 49.8 Å². The molecule has 0 fully saturated rings. The highest BCUT2D eigenvalue weighted by atomic mass is 16.5. The minimum absolute atomic E-state index is 0.0195. The number of hydrogen-bond acceptors (Lipinski definition) is 4. The Balaban J connectivity index is 2.31. The predicted octanol–water partition coefficient (Wildman–Crippen LogP) is 1.46. The fourth-order valence-electron chi connectivity index (χ4n) is 2.46. The number of aryl methyl sites for hydroxylation is 1. The molecular weight excluding hydrogens is 296 g/mol. The molecule has 1 amide bonds.